The molecule has 2 N–H and O–H groups in total. The van der Waals surface area contributed by atoms with E-state index in [2.05, 4.69) is 20.9 Å². The SMILES string of the molecule is O=C(Cn1cnc([N+](=O)[O-])n1)NNC1=CCCCC1. The second-order valence-electron chi connectivity index (χ2n) is 4.15. The van der Waals surface area contributed by atoms with Crippen molar-refractivity contribution in [2.45, 2.75) is 32.2 Å². The lowest BCUT2D eigenvalue weighted by Crippen LogP contribution is -2.39. The molecule has 1 aromatic rings. The number of nitrogens with one attached hydrogen (secondary N) is 2. The number of nitrogens with zero attached hydrogens (tertiary/aromatic N) is 4. The van der Waals surface area contributed by atoms with Crippen molar-refractivity contribution < 1.29 is 9.72 Å². The molecule has 0 fully saturated rings. The Morgan fingerprint density at radius 2 is 2.37 bits per heavy atom. The minimum absolute atomic E-state index is 0.124. The van der Waals surface area contributed by atoms with Crippen LogP contribution in [0.25, 0.3) is 0 Å². The maximum atomic E-state index is 11.6. The van der Waals surface area contributed by atoms with Gasteiger partial charge < -0.3 is 15.5 Å². The maximum Gasteiger partial charge on any atom is 0.490 e. The van der Waals surface area contributed by atoms with Crippen molar-refractivity contribution in [3.63, 3.8) is 0 Å². The molecule has 102 valence electrons. The van der Waals surface area contributed by atoms with E-state index in [0.717, 1.165) is 36.0 Å². The average Bonchev–Trinajstić information content (AvgIpc) is 2.86. The Hall–Kier alpha value is -2.45. The van der Waals surface area contributed by atoms with Gasteiger partial charge in [0.2, 0.25) is 6.33 Å². The van der Waals surface area contributed by atoms with Crippen LogP contribution in [0.1, 0.15) is 25.7 Å². The number of aromatic nitrogens is 3. The van der Waals surface area contributed by atoms with Gasteiger partial charge in [-0.3, -0.25) is 10.2 Å². The van der Waals surface area contributed by atoms with E-state index in [1.807, 2.05) is 6.08 Å². The predicted octanol–water partition coefficient (Wildman–Crippen LogP) is 0.265. The van der Waals surface area contributed by atoms with Gasteiger partial charge in [-0.1, -0.05) is 11.1 Å². The minimum Gasteiger partial charge on any atom is -0.390 e. The molecular formula is C10H14N6O3. The Morgan fingerprint density at radius 3 is 3.00 bits per heavy atom. The van der Waals surface area contributed by atoms with Crippen molar-refractivity contribution in [2.75, 3.05) is 0 Å². The third kappa shape index (κ3) is 3.76. The first kappa shape index (κ1) is 13.0. The van der Waals surface area contributed by atoms with Crippen molar-refractivity contribution in [1.82, 2.24) is 25.6 Å². The van der Waals surface area contributed by atoms with Crippen LogP contribution in [0.15, 0.2) is 18.1 Å². The fraction of sp³-hybridized carbons (Fsp3) is 0.500. The first-order chi connectivity index (χ1) is 9.15. The smallest absolute Gasteiger partial charge is 0.390 e. The molecule has 0 saturated carbocycles. The average molecular weight is 266 g/mol. The second-order valence-corrected chi connectivity index (χ2v) is 4.15. The Labute approximate surface area is 108 Å². The van der Waals surface area contributed by atoms with Gasteiger partial charge in [0.05, 0.1) is 0 Å². The zero-order valence-corrected chi connectivity index (χ0v) is 10.2. The zero-order chi connectivity index (χ0) is 13.7. The Kier molecular flexibility index (Phi) is 4.06. The summed E-state index contributed by atoms with van der Waals surface area (Å²) in [5, 5.41) is 13.9. The third-order valence-corrected chi connectivity index (χ3v) is 2.65. The molecule has 1 aliphatic carbocycles. The van der Waals surface area contributed by atoms with Crippen LogP contribution in [0, 0.1) is 10.1 Å². The lowest BCUT2D eigenvalue weighted by atomic mass is 10.1. The van der Waals surface area contributed by atoms with Crippen molar-refractivity contribution in [1.29, 1.82) is 0 Å². The number of rotatable bonds is 5. The largest absolute Gasteiger partial charge is 0.490 e. The summed E-state index contributed by atoms with van der Waals surface area (Å²) in [6, 6.07) is 0. The van der Waals surface area contributed by atoms with Crippen LogP contribution in [0.4, 0.5) is 5.95 Å². The number of hydrogen-bond donors (Lipinski definition) is 2. The number of hydrazine groups is 1. The summed E-state index contributed by atoms with van der Waals surface area (Å²) < 4.78 is 1.12. The quantitative estimate of drug-likeness (QED) is 0.583. The molecule has 9 heteroatoms. The van der Waals surface area contributed by atoms with Crippen LogP contribution in [-0.2, 0) is 11.3 Å². The van der Waals surface area contributed by atoms with Crippen LogP contribution < -0.4 is 10.9 Å². The van der Waals surface area contributed by atoms with Gasteiger partial charge in [0.15, 0.2) is 0 Å². The summed E-state index contributed by atoms with van der Waals surface area (Å²) >= 11 is 0. The van der Waals surface area contributed by atoms with E-state index in [1.165, 1.54) is 6.42 Å². The standard InChI is InChI=1S/C10H14N6O3/c17-9(13-12-8-4-2-1-3-5-8)6-15-7-11-10(14-15)16(18)19/h4,7,12H,1-3,5-6H2,(H,13,17). The maximum absolute atomic E-state index is 11.6. The molecule has 0 bridgehead atoms. The monoisotopic (exact) mass is 266 g/mol. The molecule has 0 atom stereocenters. The second kappa shape index (κ2) is 5.94. The molecule has 0 spiro atoms. The molecule has 0 saturated heterocycles. The highest BCUT2D eigenvalue weighted by Crippen LogP contribution is 2.13. The van der Waals surface area contributed by atoms with Gasteiger partial charge >= 0.3 is 5.95 Å². The van der Waals surface area contributed by atoms with Crippen LogP contribution in [0.2, 0.25) is 0 Å². The van der Waals surface area contributed by atoms with Crippen LogP contribution >= 0.6 is 0 Å². The van der Waals surface area contributed by atoms with Gasteiger partial charge in [0, 0.05) is 10.8 Å². The normalized spacial score (nSPS) is 14.6. The molecule has 1 aromatic heterocycles. The van der Waals surface area contributed by atoms with E-state index in [4.69, 9.17) is 0 Å². The van der Waals surface area contributed by atoms with E-state index in [-0.39, 0.29) is 12.5 Å². The van der Waals surface area contributed by atoms with Crippen LogP contribution in [0.3, 0.4) is 0 Å². The van der Waals surface area contributed by atoms with Gasteiger partial charge in [-0.05, 0) is 30.6 Å². The fourth-order valence-corrected chi connectivity index (χ4v) is 1.73. The van der Waals surface area contributed by atoms with E-state index in [1.54, 1.807) is 0 Å². The highest BCUT2D eigenvalue weighted by molar-refractivity contribution is 5.75. The number of nitro groups is 1. The molecule has 0 unspecified atom stereocenters. The molecule has 0 radical (unpaired) electrons. The van der Waals surface area contributed by atoms with Crippen molar-refractivity contribution in [2.24, 2.45) is 0 Å². The molecule has 1 amide bonds. The van der Waals surface area contributed by atoms with Gasteiger partial charge in [-0.15, -0.1) is 0 Å². The lowest BCUT2D eigenvalue weighted by molar-refractivity contribution is -0.394. The highest BCUT2D eigenvalue weighted by Gasteiger charge is 2.15. The lowest BCUT2D eigenvalue weighted by Gasteiger charge is -2.15. The van der Waals surface area contributed by atoms with Gasteiger partial charge in [-0.2, -0.15) is 4.68 Å². The van der Waals surface area contributed by atoms with E-state index < -0.39 is 10.9 Å². The summed E-state index contributed by atoms with van der Waals surface area (Å²) in [5.41, 5.74) is 6.35. The number of carbonyl (C=O) groups excluding carboxylic acids is 1. The van der Waals surface area contributed by atoms with Crippen LogP contribution in [-0.4, -0.2) is 25.6 Å². The Balaban J connectivity index is 1.80. The topological polar surface area (TPSA) is 115 Å². The number of allylic oxidation sites excluding steroid dienone is 2. The van der Waals surface area contributed by atoms with Crippen molar-refractivity contribution >= 4 is 11.9 Å². The van der Waals surface area contributed by atoms with E-state index >= 15 is 0 Å². The first-order valence-electron chi connectivity index (χ1n) is 5.93. The number of carbonyl (C=O) groups is 1. The molecule has 2 rings (SSSR count). The van der Waals surface area contributed by atoms with Gasteiger partial charge in [0.1, 0.15) is 6.54 Å². The van der Waals surface area contributed by atoms with Gasteiger partial charge in [0.25, 0.3) is 5.91 Å². The summed E-state index contributed by atoms with van der Waals surface area (Å²) in [5.74, 6) is -0.859. The summed E-state index contributed by atoms with van der Waals surface area (Å²) in [4.78, 5) is 24.7. The van der Waals surface area contributed by atoms with Crippen LogP contribution in [0.5, 0.6) is 0 Å². The molecule has 1 aliphatic rings. The summed E-state index contributed by atoms with van der Waals surface area (Å²) in [6.07, 6.45) is 7.38. The van der Waals surface area contributed by atoms with Gasteiger partial charge in [-0.25, -0.2) is 0 Å². The molecule has 0 aromatic carbocycles. The predicted molar refractivity (Wildman–Crippen MR) is 64.5 cm³/mol. The molecule has 19 heavy (non-hydrogen) atoms. The molecule has 0 aliphatic heterocycles. The first-order valence-corrected chi connectivity index (χ1v) is 5.93. The van der Waals surface area contributed by atoms with Crippen molar-refractivity contribution in [3.05, 3.63) is 28.2 Å². The van der Waals surface area contributed by atoms with E-state index in [9.17, 15) is 14.9 Å². The Morgan fingerprint density at radius 1 is 1.53 bits per heavy atom. The Bertz CT molecular complexity index is 509. The highest BCUT2D eigenvalue weighted by atomic mass is 16.6. The summed E-state index contributed by atoms with van der Waals surface area (Å²) in [6.45, 7) is -0.124. The fourth-order valence-electron chi connectivity index (χ4n) is 1.73. The van der Waals surface area contributed by atoms with E-state index in [0.29, 0.717) is 0 Å². The number of hydrogen-bond acceptors (Lipinski definition) is 6. The molecular weight excluding hydrogens is 252 g/mol. The zero-order valence-electron chi connectivity index (χ0n) is 10.2. The summed E-state index contributed by atoms with van der Waals surface area (Å²) in [7, 11) is 0. The third-order valence-electron chi connectivity index (χ3n) is 2.65. The molecule has 9 nitrogen and oxygen atoms in total. The van der Waals surface area contributed by atoms with Crippen molar-refractivity contribution in [3.8, 4) is 0 Å². The minimum atomic E-state index is -0.709. The molecule has 1 heterocycles. The number of amides is 1.